The zero-order valence-electron chi connectivity index (χ0n) is 40.5. The standard InChI is InChI=1S/C51H56N6O13/c1-10-31-23(2)36-18-40-32(12-11-30-21-57(50(63)56-48(30)62)49-47(69-29(8)60)46(68-28(7)59)41(70-49)22-65-27(6)58)24(3)35(53-40)17-37-25(4)33(13-14-42(61)64-9)44(54-37)34-20-51(66-15-16-67-51)43-26(5)38(55-45(34)43)19-39(31)52-36/h11-12,17-19,21,25,33,41,46-47,49,52-53H,10,13-16,20,22H2,1-9H3,(H,56,62,63)/b12-11+,35-17?,36-18?,37-17?,38-19?,39-19?,40-18?,44-34?/t25-,33-,41+,46+,47+,49+/m0/s1. The van der Waals surface area contributed by atoms with Crippen LogP contribution in [0.15, 0.2) is 34.0 Å². The predicted molar refractivity (Wildman–Crippen MR) is 255 cm³/mol. The predicted octanol–water partition coefficient (Wildman–Crippen LogP) is 5.91. The zero-order chi connectivity index (χ0) is 49.9. The number of aryl methyl sites for hydroxylation is 3. The summed E-state index contributed by atoms with van der Waals surface area (Å²) in [7, 11) is 1.38. The highest BCUT2D eigenvalue weighted by atomic mass is 16.7. The molecule has 0 radical (unpaired) electrons. The topological polar surface area (TPSA) is 245 Å². The van der Waals surface area contributed by atoms with Crippen LogP contribution in [0.3, 0.4) is 0 Å². The van der Waals surface area contributed by atoms with Crippen LogP contribution in [0.2, 0.25) is 0 Å². The molecule has 4 aromatic rings. The Hall–Kier alpha value is -6.96. The van der Waals surface area contributed by atoms with Crippen molar-refractivity contribution in [1.29, 1.82) is 0 Å². The minimum atomic E-state index is -1.40. The molecule has 0 amide bonds. The Balaban J connectivity index is 1.23. The summed E-state index contributed by atoms with van der Waals surface area (Å²) < 4.78 is 41.4. The number of aromatic amines is 3. The van der Waals surface area contributed by atoms with Gasteiger partial charge in [0.2, 0.25) is 5.79 Å². The largest absolute Gasteiger partial charge is 0.469 e. The lowest BCUT2D eigenvalue weighted by atomic mass is 9.85. The molecule has 2 saturated heterocycles. The Labute approximate surface area is 401 Å². The summed E-state index contributed by atoms with van der Waals surface area (Å²) in [5.41, 5.74) is 11.3. The lowest BCUT2D eigenvalue weighted by Crippen LogP contribution is -2.42. The normalized spacial score (nSPS) is 22.3. The number of allylic oxidation sites excluding steroid dienone is 1. The number of esters is 4. The number of hydrogen-bond donors (Lipinski definition) is 3. The highest BCUT2D eigenvalue weighted by Crippen LogP contribution is 2.53. The molecule has 4 aliphatic heterocycles. The third-order valence-corrected chi connectivity index (χ3v) is 14.0. The van der Waals surface area contributed by atoms with Crippen molar-refractivity contribution in [2.24, 2.45) is 0 Å². The van der Waals surface area contributed by atoms with E-state index in [1.54, 1.807) is 12.2 Å². The van der Waals surface area contributed by atoms with Gasteiger partial charge >= 0.3 is 29.6 Å². The molecule has 6 atom stereocenters. The van der Waals surface area contributed by atoms with Crippen molar-refractivity contribution in [3.63, 3.8) is 0 Å². The van der Waals surface area contributed by atoms with Crippen molar-refractivity contribution in [3.8, 4) is 0 Å². The smallest absolute Gasteiger partial charge is 0.330 e. The molecule has 8 bridgehead atoms. The molecule has 3 N–H and O–H groups in total. The number of aromatic nitrogens is 6. The van der Waals surface area contributed by atoms with E-state index in [0.717, 1.165) is 103 Å². The number of carbonyl (C=O) groups excluding carboxylic acids is 4. The van der Waals surface area contributed by atoms with Crippen LogP contribution in [0.5, 0.6) is 0 Å². The Morgan fingerprint density at radius 1 is 0.871 bits per heavy atom. The van der Waals surface area contributed by atoms with Gasteiger partial charge in [0.15, 0.2) is 18.4 Å². The van der Waals surface area contributed by atoms with Gasteiger partial charge in [-0.15, -0.1) is 0 Å². The molecular weight excluding hydrogens is 905 g/mol. The fourth-order valence-corrected chi connectivity index (χ4v) is 10.5. The van der Waals surface area contributed by atoms with E-state index in [4.69, 9.17) is 43.1 Å². The second-order valence-electron chi connectivity index (χ2n) is 18.3. The van der Waals surface area contributed by atoms with E-state index in [1.165, 1.54) is 20.2 Å². The molecule has 2 fully saturated rings. The molecule has 368 valence electrons. The summed E-state index contributed by atoms with van der Waals surface area (Å²) in [4.78, 5) is 96.5. The molecule has 4 aromatic heterocycles. The summed E-state index contributed by atoms with van der Waals surface area (Å²) in [5, 5.41) is 0. The van der Waals surface area contributed by atoms with Crippen LogP contribution >= 0.6 is 0 Å². The molecule has 19 heteroatoms. The number of rotatable bonds is 11. The van der Waals surface area contributed by atoms with E-state index >= 15 is 0 Å². The summed E-state index contributed by atoms with van der Waals surface area (Å²) in [6, 6.07) is 6.11. The molecule has 5 aliphatic rings. The molecule has 1 aliphatic carbocycles. The first kappa shape index (κ1) is 48.1. The zero-order valence-corrected chi connectivity index (χ0v) is 40.5. The molecule has 0 unspecified atom stereocenters. The number of nitrogens with zero attached hydrogens (tertiary/aromatic N) is 3. The SMILES string of the molecule is CCc1c(C)c2cc3[nH]c(cc4nc(c5c6nc(cc1[nH]2)C(C)=C6C1(C5)OCCO1)[C@@H](CCC(=O)OC)[C@@H]4C)c(C)c3/C=C/c1cn([C@@H]2O[C@H](COC(C)=O)[C@@H](OC(C)=O)[C@H]2OC(C)=O)c(=O)[nH]c1=O. The lowest BCUT2D eigenvalue weighted by Gasteiger charge is -2.24. The third-order valence-electron chi connectivity index (χ3n) is 14.0. The van der Waals surface area contributed by atoms with Crippen molar-refractivity contribution in [2.45, 2.75) is 123 Å². The number of methoxy groups -OCH3 is 1. The maximum Gasteiger partial charge on any atom is 0.330 e. The quantitative estimate of drug-likeness (QED) is 0.117. The second-order valence-corrected chi connectivity index (χ2v) is 18.3. The number of hydrogen-bond acceptors (Lipinski definition) is 15. The van der Waals surface area contributed by atoms with Crippen LogP contribution in [0, 0.1) is 13.8 Å². The van der Waals surface area contributed by atoms with Crippen LogP contribution in [0.25, 0.3) is 45.4 Å². The van der Waals surface area contributed by atoms with Crippen LogP contribution in [-0.2, 0) is 65.2 Å². The lowest BCUT2D eigenvalue weighted by molar-refractivity contribution is -0.166. The van der Waals surface area contributed by atoms with E-state index in [0.29, 0.717) is 31.6 Å². The Morgan fingerprint density at radius 3 is 2.26 bits per heavy atom. The van der Waals surface area contributed by atoms with Crippen molar-refractivity contribution >= 4 is 69.2 Å². The average molecular weight is 961 g/mol. The van der Waals surface area contributed by atoms with E-state index < -0.39 is 59.5 Å². The molecule has 19 nitrogen and oxygen atoms in total. The number of carbonyl (C=O) groups is 4. The van der Waals surface area contributed by atoms with Crippen molar-refractivity contribution in [1.82, 2.24) is 29.5 Å². The first-order valence-corrected chi connectivity index (χ1v) is 23.4. The maximum absolute atomic E-state index is 13.6. The molecule has 70 heavy (non-hydrogen) atoms. The van der Waals surface area contributed by atoms with Crippen molar-refractivity contribution < 1.29 is 52.3 Å². The van der Waals surface area contributed by atoms with Crippen molar-refractivity contribution in [2.75, 3.05) is 26.9 Å². The maximum atomic E-state index is 13.6. The summed E-state index contributed by atoms with van der Waals surface area (Å²) >= 11 is 0. The van der Waals surface area contributed by atoms with Gasteiger partial charge in [0.1, 0.15) is 12.7 Å². The van der Waals surface area contributed by atoms with Crippen LogP contribution < -0.4 is 11.2 Å². The van der Waals surface area contributed by atoms with Gasteiger partial charge in [0.25, 0.3) is 5.56 Å². The van der Waals surface area contributed by atoms with Crippen molar-refractivity contribution in [3.05, 3.63) is 101 Å². The van der Waals surface area contributed by atoms with Gasteiger partial charge in [-0.1, -0.05) is 19.9 Å². The molecular formula is C51H56N6O13. The first-order valence-electron chi connectivity index (χ1n) is 23.4. The number of fused-ring (bicyclic) bond motifs is 9. The molecule has 0 aromatic carbocycles. The highest BCUT2D eigenvalue weighted by molar-refractivity contribution is 5.98. The van der Waals surface area contributed by atoms with Gasteiger partial charge in [-0.25, -0.2) is 9.78 Å². The van der Waals surface area contributed by atoms with Crippen LogP contribution in [0.4, 0.5) is 0 Å². The monoisotopic (exact) mass is 960 g/mol. The van der Waals surface area contributed by atoms with E-state index in [9.17, 15) is 28.8 Å². The van der Waals surface area contributed by atoms with Gasteiger partial charge in [0, 0.05) is 96.1 Å². The van der Waals surface area contributed by atoms with E-state index in [-0.39, 0.29) is 36.4 Å². The minimum Gasteiger partial charge on any atom is -0.469 e. The fourth-order valence-electron chi connectivity index (χ4n) is 10.5. The number of ether oxygens (including phenoxy) is 7. The Morgan fingerprint density at radius 2 is 1.57 bits per heavy atom. The molecule has 0 saturated carbocycles. The van der Waals surface area contributed by atoms with Gasteiger partial charge in [-0.3, -0.25) is 38.5 Å². The van der Waals surface area contributed by atoms with E-state index in [1.807, 2.05) is 19.1 Å². The summed E-state index contributed by atoms with van der Waals surface area (Å²) in [6.45, 7) is 14.3. The highest BCUT2D eigenvalue weighted by Gasteiger charge is 2.53. The van der Waals surface area contributed by atoms with Gasteiger partial charge in [-0.2, -0.15) is 0 Å². The Bertz CT molecular complexity index is 3200. The van der Waals surface area contributed by atoms with Gasteiger partial charge in [0.05, 0.1) is 43.0 Å². The number of H-pyrrole nitrogens is 3. The molecule has 9 rings (SSSR count). The summed E-state index contributed by atoms with van der Waals surface area (Å²) in [6.07, 6.45) is 1.25. The molecule has 8 heterocycles. The third kappa shape index (κ3) is 8.59. The van der Waals surface area contributed by atoms with Gasteiger partial charge < -0.3 is 43.1 Å². The molecule has 1 spiro atoms. The fraction of sp³-hybridized carbons (Fsp3) is 0.451. The Kier molecular flexibility index (Phi) is 12.9. The first-order chi connectivity index (χ1) is 33.4. The van der Waals surface area contributed by atoms with E-state index in [2.05, 4.69) is 48.7 Å². The van der Waals surface area contributed by atoms with Crippen LogP contribution in [0.1, 0.15) is 129 Å². The minimum absolute atomic E-state index is 0.0353. The van der Waals surface area contributed by atoms with Gasteiger partial charge in [-0.05, 0) is 80.2 Å². The second kappa shape index (κ2) is 18.7. The number of nitrogens with one attached hydrogen (secondary N) is 3. The summed E-state index contributed by atoms with van der Waals surface area (Å²) in [5.74, 6) is -3.75. The van der Waals surface area contributed by atoms with Crippen LogP contribution in [-0.4, -0.2) is 104 Å². The average Bonchev–Trinajstić information content (AvgIpc) is 4.18.